The van der Waals surface area contributed by atoms with E-state index in [2.05, 4.69) is 22.4 Å². The van der Waals surface area contributed by atoms with Gasteiger partial charge in [-0.1, -0.05) is 29.8 Å². The van der Waals surface area contributed by atoms with Crippen molar-refractivity contribution in [2.45, 2.75) is 13.8 Å². The SMILES string of the molecule is Cc1cc(C)cc(NC=C(C#N)c2nc(-c3ccc(Cl)cc3)cs2)c1. The van der Waals surface area contributed by atoms with Crippen molar-refractivity contribution >= 4 is 34.2 Å². The average molecular weight is 366 g/mol. The number of nitriles is 1. The molecule has 2 aromatic carbocycles. The van der Waals surface area contributed by atoms with Crippen molar-refractivity contribution in [1.29, 1.82) is 5.26 Å². The Labute approximate surface area is 156 Å². The minimum Gasteiger partial charge on any atom is -0.360 e. The zero-order valence-electron chi connectivity index (χ0n) is 13.9. The maximum absolute atomic E-state index is 9.47. The molecule has 3 nitrogen and oxygen atoms in total. The van der Waals surface area contributed by atoms with E-state index in [9.17, 15) is 5.26 Å². The normalized spacial score (nSPS) is 11.2. The van der Waals surface area contributed by atoms with Crippen LogP contribution in [0.4, 0.5) is 5.69 Å². The maximum Gasteiger partial charge on any atom is 0.136 e. The molecule has 1 heterocycles. The van der Waals surface area contributed by atoms with Gasteiger partial charge in [-0.2, -0.15) is 5.26 Å². The van der Waals surface area contributed by atoms with E-state index in [4.69, 9.17) is 11.6 Å². The van der Waals surface area contributed by atoms with Gasteiger partial charge in [-0.25, -0.2) is 4.98 Å². The molecule has 0 atom stereocenters. The van der Waals surface area contributed by atoms with Crippen molar-refractivity contribution in [1.82, 2.24) is 4.98 Å². The van der Waals surface area contributed by atoms with Crippen LogP contribution in [-0.2, 0) is 0 Å². The number of allylic oxidation sites excluding steroid dienone is 1. The molecule has 0 bridgehead atoms. The van der Waals surface area contributed by atoms with Gasteiger partial charge < -0.3 is 5.32 Å². The van der Waals surface area contributed by atoms with Crippen LogP contribution in [0.3, 0.4) is 0 Å². The lowest BCUT2D eigenvalue weighted by Crippen LogP contribution is -1.92. The Bertz CT molecular complexity index is 945. The summed E-state index contributed by atoms with van der Waals surface area (Å²) in [5, 5.41) is 16.0. The second kappa shape index (κ2) is 7.52. The molecule has 0 saturated heterocycles. The molecule has 1 aromatic heterocycles. The smallest absolute Gasteiger partial charge is 0.136 e. The van der Waals surface area contributed by atoms with Crippen molar-refractivity contribution in [3.8, 4) is 17.3 Å². The van der Waals surface area contributed by atoms with E-state index in [1.54, 1.807) is 6.20 Å². The number of benzene rings is 2. The minimum absolute atomic E-state index is 0.504. The highest BCUT2D eigenvalue weighted by atomic mass is 35.5. The number of halogens is 1. The summed E-state index contributed by atoms with van der Waals surface area (Å²) in [6.45, 7) is 4.10. The molecular formula is C20H16ClN3S. The Balaban J connectivity index is 1.84. The van der Waals surface area contributed by atoms with Crippen LogP contribution >= 0.6 is 22.9 Å². The molecule has 0 aliphatic carbocycles. The fourth-order valence-electron chi connectivity index (χ4n) is 2.51. The number of rotatable bonds is 4. The van der Waals surface area contributed by atoms with Gasteiger partial charge in [0.05, 0.1) is 5.69 Å². The van der Waals surface area contributed by atoms with Gasteiger partial charge >= 0.3 is 0 Å². The van der Waals surface area contributed by atoms with Gasteiger partial charge in [0.15, 0.2) is 0 Å². The van der Waals surface area contributed by atoms with Crippen molar-refractivity contribution in [3.05, 3.63) is 75.2 Å². The number of hydrogen-bond donors (Lipinski definition) is 1. The first-order valence-electron chi connectivity index (χ1n) is 7.72. The van der Waals surface area contributed by atoms with Crippen molar-refractivity contribution in [2.24, 2.45) is 0 Å². The summed E-state index contributed by atoms with van der Waals surface area (Å²) < 4.78 is 0. The zero-order chi connectivity index (χ0) is 17.8. The third kappa shape index (κ3) is 4.27. The Morgan fingerprint density at radius 3 is 2.48 bits per heavy atom. The number of hydrogen-bond acceptors (Lipinski definition) is 4. The molecule has 0 aliphatic rings. The van der Waals surface area contributed by atoms with Crippen LogP contribution in [0.5, 0.6) is 0 Å². The van der Waals surface area contributed by atoms with Crippen molar-refractivity contribution in [3.63, 3.8) is 0 Å². The maximum atomic E-state index is 9.47. The van der Waals surface area contributed by atoms with Gasteiger partial charge in [-0.05, 0) is 49.2 Å². The standard InChI is InChI=1S/C20H16ClN3S/c1-13-7-14(2)9-18(8-13)23-11-16(10-22)20-24-19(12-25-20)15-3-5-17(21)6-4-15/h3-9,11-12,23H,1-2H3. The summed E-state index contributed by atoms with van der Waals surface area (Å²) in [5.41, 5.74) is 5.63. The van der Waals surface area contributed by atoms with E-state index in [1.165, 1.54) is 22.5 Å². The topological polar surface area (TPSA) is 48.7 Å². The van der Waals surface area contributed by atoms with E-state index in [0.717, 1.165) is 16.9 Å². The lowest BCUT2D eigenvalue weighted by molar-refractivity contribution is 1.36. The lowest BCUT2D eigenvalue weighted by Gasteiger charge is -2.05. The summed E-state index contributed by atoms with van der Waals surface area (Å²) >= 11 is 7.37. The zero-order valence-corrected chi connectivity index (χ0v) is 15.4. The third-order valence-electron chi connectivity index (χ3n) is 3.60. The Morgan fingerprint density at radius 1 is 1.16 bits per heavy atom. The second-order valence-corrected chi connectivity index (χ2v) is 7.03. The van der Waals surface area contributed by atoms with Gasteiger partial charge in [0.25, 0.3) is 0 Å². The molecule has 0 spiro atoms. The molecular weight excluding hydrogens is 350 g/mol. The van der Waals surface area contributed by atoms with Crippen LogP contribution in [0.2, 0.25) is 5.02 Å². The number of thiazole rings is 1. The first-order chi connectivity index (χ1) is 12.0. The number of nitrogens with one attached hydrogen (secondary N) is 1. The minimum atomic E-state index is 0.504. The summed E-state index contributed by atoms with van der Waals surface area (Å²) in [4.78, 5) is 4.57. The molecule has 5 heteroatoms. The Morgan fingerprint density at radius 2 is 1.84 bits per heavy atom. The summed E-state index contributed by atoms with van der Waals surface area (Å²) in [5.74, 6) is 0. The van der Waals surface area contributed by atoms with Crippen LogP contribution in [-0.4, -0.2) is 4.98 Å². The predicted octanol–water partition coefficient (Wildman–Crippen LogP) is 6.06. The fraction of sp³-hybridized carbons (Fsp3) is 0.100. The van der Waals surface area contributed by atoms with Crippen molar-refractivity contribution < 1.29 is 0 Å². The van der Waals surface area contributed by atoms with Gasteiger partial charge in [-0.15, -0.1) is 11.3 Å². The van der Waals surface area contributed by atoms with Gasteiger partial charge in [0, 0.05) is 27.9 Å². The summed E-state index contributed by atoms with van der Waals surface area (Å²) in [6, 6.07) is 15.9. The van der Waals surface area contributed by atoms with E-state index in [0.29, 0.717) is 15.6 Å². The van der Waals surface area contributed by atoms with E-state index in [1.807, 2.05) is 55.6 Å². The molecule has 0 aliphatic heterocycles. The molecule has 1 N–H and O–H groups in total. The van der Waals surface area contributed by atoms with Gasteiger partial charge in [-0.3, -0.25) is 0 Å². The number of nitrogens with zero attached hydrogens (tertiary/aromatic N) is 2. The van der Waals surface area contributed by atoms with Crippen LogP contribution in [0.15, 0.2) is 54.0 Å². The van der Waals surface area contributed by atoms with Gasteiger partial charge in [0.1, 0.15) is 16.6 Å². The molecule has 124 valence electrons. The fourth-order valence-corrected chi connectivity index (χ4v) is 3.43. The van der Waals surface area contributed by atoms with Gasteiger partial charge in [0.2, 0.25) is 0 Å². The molecule has 3 aromatic rings. The Hall–Kier alpha value is -2.61. The Kier molecular flexibility index (Phi) is 5.18. The number of aryl methyl sites for hydroxylation is 2. The largest absolute Gasteiger partial charge is 0.360 e. The molecule has 3 rings (SSSR count). The lowest BCUT2D eigenvalue weighted by atomic mass is 10.1. The summed E-state index contributed by atoms with van der Waals surface area (Å²) in [6.07, 6.45) is 1.71. The van der Waals surface area contributed by atoms with E-state index in [-0.39, 0.29) is 0 Å². The van der Waals surface area contributed by atoms with Crippen LogP contribution in [0.25, 0.3) is 16.8 Å². The van der Waals surface area contributed by atoms with Crippen molar-refractivity contribution in [2.75, 3.05) is 5.32 Å². The van der Waals surface area contributed by atoms with E-state index >= 15 is 0 Å². The highest BCUT2D eigenvalue weighted by molar-refractivity contribution is 7.11. The van der Waals surface area contributed by atoms with Crippen LogP contribution < -0.4 is 5.32 Å². The monoisotopic (exact) mass is 365 g/mol. The van der Waals surface area contributed by atoms with Crippen LogP contribution in [0.1, 0.15) is 16.1 Å². The highest BCUT2D eigenvalue weighted by Crippen LogP contribution is 2.27. The second-order valence-electron chi connectivity index (χ2n) is 5.74. The summed E-state index contributed by atoms with van der Waals surface area (Å²) in [7, 11) is 0. The quantitative estimate of drug-likeness (QED) is 0.572. The molecule has 0 saturated carbocycles. The molecule has 0 radical (unpaired) electrons. The predicted molar refractivity (Wildman–Crippen MR) is 106 cm³/mol. The molecule has 0 amide bonds. The number of aromatic nitrogens is 1. The third-order valence-corrected chi connectivity index (χ3v) is 4.73. The molecule has 0 fully saturated rings. The first-order valence-corrected chi connectivity index (χ1v) is 8.98. The highest BCUT2D eigenvalue weighted by Gasteiger charge is 2.09. The first kappa shape index (κ1) is 17.2. The van der Waals surface area contributed by atoms with Crippen LogP contribution in [0, 0.1) is 25.2 Å². The average Bonchev–Trinajstić information content (AvgIpc) is 3.05. The van der Waals surface area contributed by atoms with E-state index < -0.39 is 0 Å². The molecule has 25 heavy (non-hydrogen) atoms. The molecule has 0 unspecified atom stereocenters. The number of anilines is 1.